The number of ether oxygens (including phenoxy) is 1. The zero-order valence-corrected chi connectivity index (χ0v) is 14.6. The number of nitro benzene ring substituents is 1. The van der Waals surface area contributed by atoms with Crippen molar-refractivity contribution in [3.05, 3.63) is 28.1 Å². The lowest BCUT2D eigenvalue weighted by Gasteiger charge is -2.22. The summed E-state index contributed by atoms with van der Waals surface area (Å²) in [7, 11) is -2.96. The van der Waals surface area contributed by atoms with Crippen LogP contribution in [0, 0.1) is 21.8 Å². The van der Waals surface area contributed by atoms with E-state index in [-0.39, 0.29) is 24.9 Å². The van der Waals surface area contributed by atoms with E-state index < -0.39 is 37.1 Å². The predicted octanol–water partition coefficient (Wildman–Crippen LogP) is 1.44. The second-order valence-electron chi connectivity index (χ2n) is 5.28. The highest BCUT2D eigenvalue weighted by Gasteiger charge is 2.26. The molecule has 0 radical (unpaired) electrons. The van der Waals surface area contributed by atoms with Gasteiger partial charge in [-0.2, -0.15) is 0 Å². The quantitative estimate of drug-likeness (QED) is 0.568. The van der Waals surface area contributed by atoms with Gasteiger partial charge in [0.1, 0.15) is 0 Å². The second kappa shape index (κ2) is 8.56. The maximum absolute atomic E-state index is 13.9. The molecule has 24 heavy (non-hydrogen) atoms. The molecular weight excluding hydrogens is 365 g/mol. The average molecular weight is 384 g/mol. The van der Waals surface area contributed by atoms with E-state index in [1.807, 2.05) is 0 Å². The van der Waals surface area contributed by atoms with Gasteiger partial charge in [-0.15, -0.1) is 12.4 Å². The normalized spacial score (nSPS) is 17.8. The standard InChI is InChI=1S/C13H18FN3O5S.ClH/c1-22-13-11(14)5-10(6-12(13)17(18)19)23(20,21)16-8-9-3-2-4-15-7-9;/h5-6,9,15-16H,2-4,7-8H2,1H3;1H. The third kappa shape index (κ3) is 4.76. The largest absolute Gasteiger partial charge is 0.488 e. The minimum Gasteiger partial charge on any atom is -0.488 e. The van der Waals surface area contributed by atoms with Gasteiger partial charge in [0.05, 0.1) is 16.9 Å². The minimum absolute atomic E-state index is 0. The van der Waals surface area contributed by atoms with E-state index in [2.05, 4.69) is 14.8 Å². The van der Waals surface area contributed by atoms with E-state index in [9.17, 15) is 22.9 Å². The molecule has 1 aromatic carbocycles. The van der Waals surface area contributed by atoms with E-state index in [4.69, 9.17) is 0 Å². The fraction of sp³-hybridized carbons (Fsp3) is 0.538. The van der Waals surface area contributed by atoms with Crippen LogP contribution in [0.15, 0.2) is 17.0 Å². The summed E-state index contributed by atoms with van der Waals surface area (Å²) in [6.07, 6.45) is 1.83. The van der Waals surface area contributed by atoms with Crippen LogP contribution in [-0.2, 0) is 10.0 Å². The van der Waals surface area contributed by atoms with Crippen molar-refractivity contribution in [3.63, 3.8) is 0 Å². The summed E-state index contributed by atoms with van der Waals surface area (Å²) in [5, 5.41) is 14.1. The molecule has 0 bridgehead atoms. The SMILES string of the molecule is COc1c(F)cc(S(=O)(=O)NCC2CCCNC2)cc1[N+](=O)[O-].Cl. The molecule has 2 rings (SSSR count). The number of piperidine rings is 1. The van der Waals surface area contributed by atoms with Gasteiger partial charge in [0.25, 0.3) is 0 Å². The second-order valence-corrected chi connectivity index (χ2v) is 7.05. The molecule has 1 unspecified atom stereocenters. The number of halogens is 2. The highest BCUT2D eigenvalue weighted by atomic mass is 35.5. The van der Waals surface area contributed by atoms with Crippen LogP contribution in [0.1, 0.15) is 12.8 Å². The molecule has 1 aliphatic rings. The van der Waals surface area contributed by atoms with Crippen molar-refractivity contribution in [1.29, 1.82) is 0 Å². The van der Waals surface area contributed by atoms with Crippen molar-refractivity contribution < 1.29 is 22.5 Å². The van der Waals surface area contributed by atoms with Crippen LogP contribution < -0.4 is 14.8 Å². The summed E-state index contributed by atoms with van der Waals surface area (Å²) in [4.78, 5) is 9.58. The van der Waals surface area contributed by atoms with Crippen LogP contribution in [-0.4, -0.2) is 40.1 Å². The molecule has 1 atom stereocenters. The Morgan fingerprint density at radius 1 is 1.50 bits per heavy atom. The number of hydrogen-bond acceptors (Lipinski definition) is 6. The first kappa shape index (κ1) is 20.6. The highest BCUT2D eigenvalue weighted by molar-refractivity contribution is 7.89. The molecular formula is C13H19ClFN3O5S. The first-order valence-electron chi connectivity index (χ1n) is 7.07. The molecule has 11 heteroatoms. The lowest BCUT2D eigenvalue weighted by atomic mass is 10.0. The van der Waals surface area contributed by atoms with Gasteiger partial charge in [0, 0.05) is 12.6 Å². The Morgan fingerprint density at radius 3 is 2.75 bits per heavy atom. The number of rotatable bonds is 6. The first-order valence-corrected chi connectivity index (χ1v) is 8.55. The van der Waals surface area contributed by atoms with Gasteiger partial charge in [0.15, 0.2) is 5.82 Å². The van der Waals surface area contributed by atoms with Crippen LogP contribution in [0.4, 0.5) is 10.1 Å². The van der Waals surface area contributed by atoms with Crippen molar-refractivity contribution in [2.45, 2.75) is 17.7 Å². The summed E-state index contributed by atoms with van der Waals surface area (Å²) in [5.74, 6) is -1.55. The summed E-state index contributed by atoms with van der Waals surface area (Å²) >= 11 is 0. The van der Waals surface area contributed by atoms with Gasteiger partial charge < -0.3 is 10.1 Å². The topological polar surface area (TPSA) is 111 Å². The fourth-order valence-electron chi connectivity index (χ4n) is 2.46. The molecule has 136 valence electrons. The number of sulfonamides is 1. The van der Waals surface area contributed by atoms with Crippen LogP contribution >= 0.6 is 12.4 Å². The van der Waals surface area contributed by atoms with E-state index in [1.165, 1.54) is 0 Å². The number of benzene rings is 1. The third-order valence-electron chi connectivity index (χ3n) is 3.67. The third-order valence-corrected chi connectivity index (χ3v) is 5.07. The smallest absolute Gasteiger partial charge is 0.315 e. The molecule has 0 amide bonds. The monoisotopic (exact) mass is 383 g/mol. The number of nitrogens with zero attached hydrogens (tertiary/aromatic N) is 1. The number of methoxy groups -OCH3 is 1. The molecule has 1 aliphatic heterocycles. The zero-order chi connectivity index (χ0) is 17.0. The van der Waals surface area contributed by atoms with Crippen molar-refractivity contribution in [3.8, 4) is 5.75 Å². The van der Waals surface area contributed by atoms with Gasteiger partial charge in [-0.05, 0) is 37.9 Å². The fourth-order valence-corrected chi connectivity index (χ4v) is 3.60. The number of nitrogens with one attached hydrogen (secondary N) is 2. The van der Waals surface area contributed by atoms with Gasteiger partial charge in [-0.25, -0.2) is 17.5 Å². The van der Waals surface area contributed by atoms with Crippen LogP contribution in [0.2, 0.25) is 0 Å². The highest BCUT2D eigenvalue weighted by Crippen LogP contribution is 2.32. The molecule has 8 nitrogen and oxygen atoms in total. The van der Waals surface area contributed by atoms with Gasteiger partial charge in [-0.3, -0.25) is 10.1 Å². The molecule has 0 aliphatic carbocycles. The van der Waals surface area contributed by atoms with E-state index in [0.717, 1.165) is 32.6 Å². The molecule has 1 fully saturated rings. The molecule has 1 heterocycles. The Hall–Kier alpha value is -1.49. The predicted molar refractivity (Wildman–Crippen MR) is 87.6 cm³/mol. The first-order chi connectivity index (χ1) is 10.8. The molecule has 0 spiro atoms. The summed E-state index contributed by atoms with van der Waals surface area (Å²) < 4.78 is 45.3. The van der Waals surface area contributed by atoms with Crippen molar-refractivity contribution in [1.82, 2.24) is 10.0 Å². The van der Waals surface area contributed by atoms with E-state index in [0.29, 0.717) is 12.6 Å². The lowest BCUT2D eigenvalue weighted by Crippen LogP contribution is -2.38. The van der Waals surface area contributed by atoms with Gasteiger partial charge in [0.2, 0.25) is 15.8 Å². The summed E-state index contributed by atoms with van der Waals surface area (Å²) in [6, 6.07) is 1.51. The zero-order valence-electron chi connectivity index (χ0n) is 13.0. The number of hydrogen-bond donors (Lipinski definition) is 2. The molecule has 1 aromatic rings. The van der Waals surface area contributed by atoms with Crippen molar-refractivity contribution in [2.75, 3.05) is 26.7 Å². The minimum atomic E-state index is -4.04. The van der Waals surface area contributed by atoms with E-state index in [1.54, 1.807) is 0 Å². The van der Waals surface area contributed by atoms with E-state index >= 15 is 0 Å². The van der Waals surface area contributed by atoms with Crippen LogP contribution in [0.3, 0.4) is 0 Å². The average Bonchev–Trinajstić information content (AvgIpc) is 2.53. The summed E-state index contributed by atoms with van der Waals surface area (Å²) in [5.41, 5.74) is -0.729. The van der Waals surface area contributed by atoms with Crippen molar-refractivity contribution >= 4 is 28.1 Å². The van der Waals surface area contributed by atoms with Gasteiger partial charge >= 0.3 is 5.69 Å². The Labute approximate surface area is 145 Å². The Balaban J connectivity index is 0.00000288. The van der Waals surface area contributed by atoms with Crippen molar-refractivity contribution in [2.24, 2.45) is 5.92 Å². The maximum Gasteiger partial charge on any atom is 0.315 e. The molecule has 1 saturated heterocycles. The number of nitro groups is 1. The summed E-state index contributed by atoms with van der Waals surface area (Å²) in [6.45, 7) is 1.79. The molecule has 2 N–H and O–H groups in total. The lowest BCUT2D eigenvalue weighted by molar-refractivity contribution is -0.386. The Morgan fingerprint density at radius 2 is 2.21 bits per heavy atom. The molecule has 0 saturated carbocycles. The Bertz CT molecular complexity index is 695. The van der Waals surface area contributed by atoms with Crippen LogP contribution in [0.25, 0.3) is 0 Å². The van der Waals surface area contributed by atoms with Gasteiger partial charge in [-0.1, -0.05) is 0 Å². The Kier molecular flexibility index (Phi) is 7.33. The van der Waals surface area contributed by atoms with Crippen LogP contribution in [0.5, 0.6) is 5.75 Å². The molecule has 0 aromatic heterocycles. The maximum atomic E-state index is 13.9.